The number of ether oxygens (including phenoxy) is 2. The van der Waals surface area contributed by atoms with Gasteiger partial charge < -0.3 is 14.8 Å². The number of rotatable bonds is 4. The largest absolute Gasteiger partial charge is 0.494 e. The summed E-state index contributed by atoms with van der Waals surface area (Å²) in [6.07, 6.45) is 1.19. The van der Waals surface area contributed by atoms with E-state index in [4.69, 9.17) is 9.47 Å². The predicted molar refractivity (Wildman–Crippen MR) is 73.0 cm³/mol. The molecule has 18 heavy (non-hydrogen) atoms. The summed E-state index contributed by atoms with van der Waals surface area (Å²) >= 11 is 0. The zero-order valence-electron chi connectivity index (χ0n) is 11.5. The molecule has 0 bridgehead atoms. The van der Waals surface area contributed by atoms with E-state index in [1.54, 1.807) is 0 Å². The third kappa shape index (κ3) is 3.47. The van der Waals surface area contributed by atoms with Gasteiger partial charge in [-0.15, -0.1) is 0 Å². The minimum Gasteiger partial charge on any atom is -0.494 e. The second kappa shape index (κ2) is 5.72. The Morgan fingerprint density at radius 1 is 1.33 bits per heavy atom. The van der Waals surface area contributed by atoms with Crippen molar-refractivity contribution in [2.24, 2.45) is 0 Å². The highest BCUT2D eigenvalue weighted by Gasteiger charge is 2.27. The maximum Gasteiger partial charge on any atom is 0.119 e. The van der Waals surface area contributed by atoms with E-state index in [0.717, 1.165) is 31.9 Å². The molecule has 0 saturated carbocycles. The van der Waals surface area contributed by atoms with Crippen LogP contribution in [0.1, 0.15) is 38.9 Å². The molecule has 1 aliphatic rings. The molecule has 1 aromatic rings. The summed E-state index contributed by atoms with van der Waals surface area (Å²) in [5.74, 6) is 0.935. The fourth-order valence-corrected chi connectivity index (χ4v) is 2.00. The van der Waals surface area contributed by atoms with E-state index in [9.17, 15) is 0 Å². The van der Waals surface area contributed by atoms with Gasteiger partial charge in [0.25, 0.3) is 0 Å². The summed E-state index contributed by atoms with van der Waals surface area (Å²) in [7, 11) is 0. The van der Waals surface area contributed by atoms with Gasteiger partial charge in [-0.1, -0.05) is 19.1 Å². The molecule has 1 N–H and O–H groups in total. The van der Waals surface area contributed by atoms with E-state index in [-0.39, 0.29) is 11.6 Å². The summed E-state index contributed by atoms with van der Waals surface area (Å²) < 4.78 is 11.5. The van der Waals surface area contributed by atoms with Crippen molar-refractivity contribution in [3.63, 3.8) is 0 Å². The van der Waals surface area contributed by atoms with Crippen LogP contribution in [0.25, 0.3) is 0 Å². The number of morpholine rings is 1. The van der Waals surface area contributed by atoms with Crippen LogP contribution in [0.2, 0.25) is 0 Å². The fourth-order valence-electron chi connectivity index (χ4n) is 2.00. The van der Waals surface area contributed by atoms with Crippen molar-refractivity contribution in [3.8, 4) is 5.75 Å². The Morgan fingerprint density at radius 3 is 2.61 bits per heavy atom. The van der Waals surface area contributed by atoms with E-state index in [1.165, 1.54) is 5.56 Å². The Balaban J connectivity index is 1.94. The Kier molecular flexibility index (Phi) is 4.25. The van der Waals surface area contributed by atoms with Crippen molar-refractivity contribution < 1.29 is 9.47 Å². The van der Waals surface area contributed by atoms with Crippen LogP contribution < -0.4 is 10.1 Å². The Bertz CT molecular complexity index is 363. The topological polar surface area (TPSA) is 30.5 Å². The van der Waals surface area contributed by atoms with Gasteiger partial charge in [0.1, 0.15) is 5.75 Å². The van der Waals surface area contributed by atoms with E-state index < -0.39 is 0 Å². The molecule has 0 radical (unpaired) electrons. The average molecular weight is 249 g/mol. The monoisotopic (exact) mass is 249 g/mol. The van der Waals surface area contributed by atoms with Gasteiger partial charge in [-0.25, -0.2) is 0 Å². The molecule has 1 saturated heterocycles. The lowest BCUT2D eigenvalue weighted by Crippen LogP contribution is -2.50. The molecule has 3 heteroatoms. The first-order valence-corrected chi connectivity index (χ1v) is 6.70. The maximum absolute atomic E-state index is 5.90. The Labute approximate surface area is 109 Å². The second-order valence-corrected chi connectivity index (χ2v) is 5.48. The van der Waals surface area contributed by atoms with E-state index in [1.807, 2.05) is 12.1 Å². The standard InChI is InChI=1S/C15H23NO2/c1-4-9-17-13-7-5-12(6-8-13)14-10-16-15(2,3)11-18-14/h5-8,14,16H,4,9-11H2,1-3H3. The third-order valence-electron chi connectivity index (χ3n) is 3.14. The molecule has 1 atom stereocenters. The molecule has 0 spiro atoms. The number of hydrogen-bond donors (Lipinski definition) is 1. The normalized spacial score (nSPS) is 22.7. The van der Waals surface area contributed by atoms with Crippen LogP contribution in [-0.4, -0.2) is 25.3 Å². The average Bonchev–Trinajstić information content (AvgIpc) is 2.37. The first kappa shape index (κ1) is 13.4. The minimum atomic E-state index is 0.0840. The van der Waals surface area contributed by atoms with E-state index >= 15 is 0 Å². The lowest BCUT2D eigenvalue weighted by Gasteiger charge is -2.36. The molecular formula is C15H23NO2. The lowest BCUT2D eigenvalue weighted by atomic mass is 10.0. The van der Waals surface area contributed by atoms with Gasteiger partial charge in [0.2, 0.25) is 0 Å². The fraction of sp³-hybridized carbons (Fsp3) is 0.600. The van der Waals surface area contributed by atoms with Gasteiger partial charge >= 0.3 is 0 Å². The van der Waals surface area contributed by atoms with Crippen molar-refractivity contribution >= 4 is 0 Å². The van der Waals surface area contributed by atoms with Gasteiger partial charge in [0.15, 0.2) is 0 Å². The number of benzene rings is 1. The van der Waals surface area contributed by atoms with Gasteiger partial charge in [0.05, 0.1) is 19.3 Å². The molecule has 1 heterocycles. The Hall–Kier alpha value is -1.06. The maximum atomic E-state index is 5.90. The van der Waals surface area contributed by atoms with Gasteiger partial charge in [-0.05, 0) is 38.0 Å². The molecule has 1 fully saturated rings. The van der Waals surface area contributed by atoms with Crippen LogP contribution in [0, 0.1) is 0 Å². The van der Waals surface area contributed by atoms with Gasteiger partial charge in [-0.3, -0.25) is 0 Å². The molecular weight excluding hydrogens is 226 g/mol. The zero-order valence-corrected chi connectivity index (χ0v) is 11.5. The van der Waals surface area contributed by atoms with Crippen LogP contribution in [0.3, 0.4) is 0 Å². The lowest BCUT2D eigenvalue weighted by molar-refractivity contribution is -0.0229. The second-order valence-electron chi connectivity index (χ2n) is 5.48. The summed E-state index contributed by atoms with van der Waals surface area (Å²) in [6.45, 7) is 8.80. The highest BCUT2D eigenvalue weighted by atomic mass is 16.5. The van der Waals surface area contributed by atoms with Crippen molar-refractivity contribution in [1.82, 2.24) is 5.32 Å². The molecule has 100 valence electrons. The highest BCUT2D eigenvalue weighted by Crippen LogP contribution is 2.25. The van der Waals surface area contributed by atoms with Crippen LogP contribution in [-0.2, 0) is 4.74 Å². The smallest absolute Gasteiger partial charge is 0.119 e. The molecule has 1 aliphatic heterocycles. The van der Waals surface area contributed by atoms with Crippen molar-refractivity contribution in [2.75, 3.05) is 19.8 Å². The molecule has 3 nitrogen and oxygen atoms in total. The highest BCUT2D eigenvalue weighted by molar-refractivity contribution is 5.29. The SMILES string of the molecule is CCCOc1ccc(C2CNC(C)(C)CO2)cc1. The minimum absolute atomic E-state index is 0.0840. The van der Waals surface area contributed by atoms with E-state index in [2.05, 4.69) is 38.2 Å². The summed E-state index contributed by atoms with van der Waals surface area (Å²) in [5.41, 5.74) is 1.29. The molecule has 0 aliphatic carbocycles. The molecule has 0 amide bonds. The number of hydrogen-bond acceptors (Lipinski definition) is 3. The van der Waals surface area contributed by atoms with Crippen LogP contribution in [0.4, 0.5) is 0 Å². The molecule has 1 aromatic carbocycles. The summed E-state index contributed by atoms with van der Waals surface area (Å²) in [4.78, 5) is 0. The van der Waals surface area contributed by atoms with Crippen molar-refractivity contribution in [2.45, 2.75) is 38.8 Å². The van der Waals surface area contributed by atoms with Gasteiger partial charge in [-0.2, -0.15) is 0 Å². The Morgan fingerprint density at radius 2 is 2.06 bits per heavy atom. The molecule has 2 rings (SSSR count). The number of nitrogens with one attached hydrogen (secondary N) is 1. The third-order valence-corrected chi connectivity index (χ3v) is 3.14. The first-order valence-electron chi connectivity index (χ1n) is 6.70. The molecule has 1 unspecified atom stereocenters. The summed E-state index contributed by atoms with van der Waals surface area (Å²) in [6, 6.07) is 8.23. The van der Waals surface area contributed by atoms with Gasteiger partial charge in [0, 0.05) is 12.1 Å². The van der Waals surface area contributed by atoms with Crippen LogP contribution in [0.15, 0.2) is 24.3 Å². The predicted octanol–water partition coefficient (Wildman–Crippen LogP) is 2.91. The first-order chi connectivity index (χ1) is 8.61. The van der Waals surface area contributed by atoms with Crippen molar-refractivity contribution in [1.29, 1.82) is 0 Å². The quantitative estimate of drug-likeness (QED) is 0.890. The van der Waals surface area contributed by atoms with E-state index in [0.29, 0.717) is 0 Å². The summed E-state index contributed by atoms with van der Waals surface area (Å²) in [5, 5.41) is 3.50. The zero-order chi connectivity index (χ0) is 13.0. The van der Waals surface area contributed by atoms with Crippen molar-refractivity contribution in [3.05, 3.63) is 29.8 Å². The molecule has 0 aromatic heterocycles. The van der Waals surface area contributed by atoms with Crippen LogP contribution in [0.5, 0.6) is 5.75 Å². The van der Waals surface area contributed by atoms with Crippen LogP contribution >= 0.6 is 0 Å².